The number of alkyl halides is 7. The van der Waals surface area contributed by atoms with Gasteiger partial charge in [0.05, 0.1) is 28.2 Å². The minimum atomic E-state index is -5.12. The number of carbonyl (C=O) groups is 4. The second-order valence-electron chi connectivity index (χ2n) is 18.7. The predicted molar refractivity (Wildman–Crippen MR) is 213 cm³/mol. The first kappa shape index (κ1) is 48.7. The highest BCUT2D eigenvalue weighted by atomic mass is 32.2. The Hall–Kier alpha value is -4.70. The van der Waals surface area contributed by atoms with Gasteiger partial charge in [-0.1, -0.05) is 41.0 Å². The summed E-state index contributed by atoms with van der Waals surface area (Å²) in [6.07, 6.45) is -11.7. The molecule has 6 rings (SSSR count). The molecule has 15 nitrogen and oxygen atoms in total. The third-order valence-corrected chi connectivity index (χ3v) is 14.9. The third kappa shape index (κ3) is 10.1. The fourth-order valence-corrected chi connectivity index (χ4v) is 9.34. The van der Waals surface area contributed by atoms with E-state index in [1.165, 1.54) is 27.7 Å². The van der Waals surface area contributed by atoms with Crippen LogP contribution in [0.15, 0.2) is 18.2 Å². The standard InChI is InChI=1S/C41H53F7N6O9S/c1-8-22-27-19-54(28(22)32(55)52-39(18-23(39)31(42)43)35(57)53-64(59,60)38(6,7)9-2)34(56)30(37(3,4)5)51-36(58)62-26-16-20(26)12-10-11-15-40(44,45)29-33(61-27)50-25-17-21(63-41(46,47)48)13-14-24(25)49-29/h13-14,17,20,22-23,26-28,30-31H,8-12,15-16,18-19H2,1-7H3,(H,51,58)(H,52,55)(H,53,57)/t20?,22-,23+,26-,27+,28+,30-,39-/m1/s1. The zero-order valence-corrected chi connectivity index (χ0v) is 37.1. The van der Waals surface area contributed by atoms with Crippen LogP contribution in [-0.2, 0) is 35.1 Å². The van der Waals surface area contributed by atoms with Crippen LogP contribution in [0.4, 0.5) is 35.5 Å². The third-order valence-electron chi connectivity index (χ3n) is 12.7. The maximum Gasteiger partial charge on any atom is 0.573 e. The fourth-order valence-electron chi connectivity index (χ4n) is 8.26. The SMILES string of the molecule is CC[C@@H]1[C@@H]2CN(C(=O)[C@H](C(C)(C)C)NC(=O)O[C@@H]3CC3CCCCC(F)(F)c3nc4ccc(OC(F)(F)F)cc4nc3O2)[C@@H]1C(=O)N[C@]1(C(=O)NS(=O)(=O)C(C)(C)CC)C[C@H]1C(F)F. The first-order chi connectivity index (χ1) is 29.5. The summed E-state index contributed by atoms with van der Waals surface area (Å²) >= 11 is 0. The number of halogens is 7. The van der Waals surface area contributed by atoms with Gasteiger partial charge in [-0.2, -0.15) is 8.78 Å². The van der Waals surface area contributed by atoms with Gasteiger partial charge in [0.25, 0.3) is 11.8 Å². The van der Waals surface area contributed by atoms with Gasteiger partial charge >= 0.3 is 12.5 Å². The monoisotopic (exact) mass is 938 g/mol. The minimum Gasteiger partial charge on any atom is -0.471 e. The fraction of sp³-hybridized carbons (Fsp3) is 0.707. The number of carbonyl (C=O) groups excluding carboxylic acids is 4. The number of ether oxygens (including phenoxy) is 3. The van der Waals surface area contributed by atoms with Gasteiger partial charge in [0.15, 0.2) is 5.69 Å². The number of alkyl carbamates (subject to hydrolysis) is 1. The van der Waals surface area contributed by atoms with Crippen LogP contribution in [0.5, 0.6) is 11.6 Å². The lowest BCUT2D eigenvalue weighted by Crippen LogP contribution is -2.61. The molecule has 1 aromatic heterocycles. The Morgan fingerprint density at radius 3 is 2.30 bits per heavy atom. The van der Waals surface area contributed by atoms with Crippen molar-refractivity contribution in [2.24, 2.45) is 23.2 Å². The summed E-state index contributed by atoms with van der Waals surface area (Å²) in [5, 5.41) is 4.91. The van der Waals surface area contributed by atoms with E-state index in [4.69, 9.17) is 9.47 Å². The van der Waals surface area contributed by atoms with Crippen molar-refractivity contribution in [3.63, 3.8) is 0 Å². The van der Waals surface area contributed by atoms with Crippen molar-refractivity contribution in [1.82, 2.24) is 30.2 Å². The van der Waals surface area contributed by atoms with Crippen molar-refractivity contribution in [3.05, 3.63) is 23.9 Å². The lowest BCUT2D eigenvalue weighted by Gasteiger charge is -2.36. The second-order valence-corrected chi connectivity index (χ2v) is 21.0. The number of benzene rings is 1. The van der Waals surface area contributed by atoms with Crippen LogP contribution in [0, 0.1) is 23.2 Å². The number of rotatable bonds is 9. The average molecular weight is 939 g/mol. The Labute approximate surface area is 365 Å². The quantitative estimate of drug-likeness (QED) is 0.233. The van der Waals surface area contributed by atoms with Crippen LogP contribution in [0.25, 0.3) is 11.0 Å². The van der Waals surface area contributed by atoms with E-state index in [2.05, 4.69) is 25.3 Å². The van der Waals surface area contributed by atoms with E-state index in [9.17, 15) is 49.5 Å². The molecule has 1 unspecified atom stereocenters. The molecule has 2 aromatic rings. The molecule has 3 fully saturated rings. The van der Waals surface area contributed by atoms with E-state index in [1.54, 1.807) is 20.8 Å². The summed E-state index contributed by atoms with van der Waals surface area (Å²) in [6, 6.07) is -0.485. The molecule has 4 aliphatic rings. The van der Waals surface area contributed by atoms with E-state index in [0.29, 0.717) is 19.3 Å². The highest BCUT2D eigenvalue weighted by Gasteiger charge is 2.67. The lowest BCUT2D eigenvalue weighted by atomic mass is 9.85. The van der Waals surface area contributed by atoms with Crippen molar-refractivity contribution < 1.29 is 72.5 Å². The molecule has 0 spiro atoms. The summed E-state index contributed by atoms with van der Waals surface area (Å²) < 4.78 is 144. The average Bonchev–Trinajstić information content (AvgIpc) is 4.07. The van der Waals surface area contributed by atoms with Gasteiger partial charge in [-0.05, 0) is 75.8 Å². The van der Waals surface area contributed by atoms with Gasteiger partial charge in [0.1, 0.15) is 35.6 Å². The first-order valence-electron chi connectivity index (χ1n) is 21.1. The Kier molecular flexibility index (Phi) is 13.1. The molecule has 64 heavy (non-hydrogen) atoms. The molecule has 2 saturated carbocycles. The number of fused-ring (bicyclic) bond motifs is 5. The number of nitrogens with zero attached hydrogens (tertiary/aromatic N) is 3. The van der Waals surface area contributed by atoms with Crippen molar-refractivity contribution >= 4 is 44.9 Å². The highest BCUT2D eigenvalue weighted by Crippen LogP contribution is 2.49. The highest BCUT2D eigenvalue weighted by molar-refractivity contribution is 7.91. The Morgan fingerprint density at radius 1 is 1.02 bits per heavy atom. The van der Waals surface area contributed by atoms with Crippen LogP contribution in [0.3, 0.4) is 0 Å². The minimum absolute atomic E-state index is 0.0153. The van der Waals surface area contributed by atoms with Gasteiger partial charge in [-0.25, -0.2) is 32.0 Å². The Bertz CT molecular complexity index is 2260. The van der Waals surface area contributed by atoms with Gasteiger partial charge in [-0.3, -0.25) is 19.1 Å². The molecule has 1 saturated heterocycles. The van der Waals surface area contributed by atoms with Crippen molar-refractivity contribution in [3.8, 4) is 11.6 Å². The largest absolute Gasteiger partial charge is 0.573 e. The van der Waals surface area contributed by atoms with Crippen LogP contribution < -0.4 is 24.8 Å². The molecule has 4 amide bonds. The molecule has 2 aliphatic carbocycles. The van der Waals surface area contributed by atoms with E-state index in [0.717, 1.165) is 23.1 Å². The molecule has 3 heterocycles. The molecule has 0 radical (unpaired) electrons. The van der Waals surface area contributed by atoms with E-state index < -0.39 is 141 Å². The number of hydrogen-bond acceptors (Lipinski definition) is 11. The van der Waals surface area contributed by atoms with E-state index in [1.807, 2.05) is 4.72 Å². The summed E-state index contributed by atoms with van der Waals surface area (Å²) in [6.45, 7) is 9.89. The zero-order chi connectivity index (χ0) is 47.5. The second kappa shape index (κ2) is 17.3. The summed E-state index contributed by atoms with van der Waals surface area (Å²) in [4.78, 5) is 65.8. The molecule has 2 aliphatic heterocycles. The lowest BCUT2D eigenvalue weighted by molar-refractivity contribution is -0.274. The van der Waals surface area contributed by atoms with Crippen LogP contribution in [0.2, 0.25) is 0 Å². The van der Waals surface area contributed by atoms with Gasteiger partial charge in [-0.15, -0.1) is 13.2 Å². The van der Waals surface area contributed by atoms with E-state index in [-0.39, 0.29) is 36.2 Å². The number of hydrogen-bond donors (Lipinski definition) is 3. The normalized spacial score (nSPS) is 29.0. The maximum absolute atomic E-state index is 16.4. The smallest absolute Gasteiger partial charge is 0.471 e. The number of nitrogens with one attached hydrogen (secondary N) is 3. The summed E-state index contributed by atoms with van der Waals surface area (Å²) in [5.74, 6) is -12.1. The van der Waals surface area contributed by atoms with E-state index >= 15 is 8.78 Å². The molecule has 1 aromatic carbocycles. The number of aromatic nitrogens is 2. The molecular formula is C41H53F7N6O9S. The Balaban J connectivity index is 1.46. The van der Waals surface area contributed by atoms with Crippen LogP contribution in [-0.4, -0.2) is 101 Å². The molecule has 3 N–H and O–H groups in total. The van der Waals surface area contributed by atoms with Gasteiger partial charge in [0, 0.05) is 18.4 Å². The van der Waals surface area contributed by atoms with Gasteiger partial charge < -0.3 is 29.7 Å². The molecule has 356 valence electrons. The molecule has 23 heteroatoms. The number of amides is 4. The predicted octanol–water partition coefficient (Wildman–Crippen LogP) is 6.48. The van der Waals surface area contributed by atoms with Crippen LogP contribution >= 0.6 is 0 Å². The van der Waals surface area contributed by atoms with Crippen molar-refractivity contribution in [2.75, 3.05) is 6.54 Å². The van der Waals surface area contributed by atoms with Gasteiger partial charge in [0.2, 0.25) is 34.1 Å². The maximum atomic E-state index is 16.4. The summed E-state index contributed by atoms with van der Waals surface area (Å²) in [7, 11) is -4.50. The molecule has 2 bridgehead atoms. The zero-order valence-electron chi connectivity index (χ0n) is 36.3. The molecular weight excluding hydrogens is 886 g/mol. The first-order valence-corrected chi connectivity index (χ1v) is 22.6. The molecule has 8 atom stereocenters. The van der Waals surface area contributed by atoms with Crippen molar-refractivity contribution in [2.45, 2.75) is 153 Å². The number of sulfonamides is 1. The Morgan fingerprint density at radius 2 is 1.70 bits per heavy atom. The van der Waals surface area contributed by atoms with Crippen molar-refractivity contribution in [1.29, 1.82) is 0 Å². The summed E-state index contributed by atoms with van der Waals surface area (Å²) in [5.41, 5.74) is -5.14. The van der Waals surface area contributed by atoms with Crippen LogP contribution in [0.1, 0.15) is 106 Å². The topological polar surface area (TPSA) is 195 Å².